The van der Waals surface area contributed by atoms with Gasteiger partial charge >= 0.3 is 11.9 Å². The summed E-state index contributed by atoms with van der Waals surface area (Å²) in [7, 11) is 0. The van der Waals surface area contributed by atoms with Crippen LogP contribution in [-0.4, -0.2) is 384 Å². The van der Waals surface area contributed by atoms with Crippen molar-refractivity contribution in [2.24, 2.45) is 0 Å². The normalized spacial score (nSPS) is 44.2. The average molecular weight is 1310 g/mol. The molecular formula is C48H79N3O38. The molecule has 41 nitrogen and oxygen atoms in total. The maximum Gasteiger partial charge on any atom is 0.364 e. The smallest absolute Gasteiger partial charge is 0.364 e. The van der Waals surface area contributed by atoms with Gasteiger partial charge < -0.3 is 180 Å². The molecule has 6 saturated heterocycles. The molecule has 514 valence electrons. The number of ether oxygens (including phenoxy) is 11. The first-order valence-electron chi connectivity index (χ1n) is 27.5. The summed E-state index contributed by atoms with van der Waals surface area (Å²) in [6.07, 6.45) is -61.6. The molecule has 0 saturated carbocycles. The molecule has 6 aliphatic rings. The molecule has 89 heavy (non-hydrogen) atoms. The Kier molecular flexibility index (Phi) is 26.1. The highest BCUT2D eigenvalue weighted by Gasteiger charge is 2.63. The van der Waals surface area contributed by atoms with Gasteiger partial charge in [0.25, 0.3) is 11.6 Å². The van der Waals surface area contributed by atoms with Gasteiger partial charge in [0.1, 0.15) is 141 Å². The molecule has 0 aromatic heterocycles. The van der Waals surface area contributed by atoms with Gasteiger partial charge in [-0.15, -0.1) is 0 Å². The molecule has 0 aromatic carbocycles. The number of hydrogen-bond acceptors (Lipinski definition) is 36. The van der Waals surface area contributed by atoms with Crippen molar-refractivity contribution in [1.29, 1.82) is 0 Å². The number of aliphatic carboxylic acids is 2. The number of carboxylic acid groups (broad SMARTS) is 2. The Bertz CT molecular complexity index is 2340. The van der Waals surface area contributed by atoms with Crippen LogP contribution in [0, 0.1) is 0 Å². The maximum absolute atomic E-state index is 13.6. The fourth-order valence-corrected chi connectivity index (χ4v) is 11.1. The van der Waals surface area contributed by atoms with Crippen molar-refractivity contribution in [3.05, 3.63) is 0 Å². The molecule has 0 unspecified atom stereocenters. The van der Waals surface area contributed by atoms with Crippen molar-refractivity contribution in [3.8, 4) is 0 Å². The summed E-state index contributed by atoms with van der Waals surface area (Å²) in [5.41, 5.74) is 0. The number of nitrogens with one attached hydrogen (secondary N) is 3. The first kappa shape index (κ1) is 74.2. The molecule has 25 N–H and O–H groups in total. The molecule has 0 aromatic rings. The zero-order chi connectivity index (χ0) is 66.5. The number of carbonyl (C=O) groups excluding carboxylic acids is 3. The SMILES string of the molecule is CC(=O)N[C@H]1[C@H](O[C@@H]2[C@H](O)[C@@H](O)[C@H](O[C@H]3[C@H](O)[C@@H](O)[C@H](O)O[C@@H]3CO)O[C@@H]2CO)O[C@H](CO)[C@H](O)[C@@H]1O[C@@H]1O[C@H](CO)[C@H](O)[C@H](O[C@]2(C(=O)O)C[C@H](O)[C@@H](NC(C)=O)[C@H]([C@H](O)[C@@H](CO)O[C@]3(C(=O)O)C[C@H](O)[C@@H](NC(=O)CO)[C@H]([C@H](O)[C@H](O)CO)O3)O2)[C@H]1O. The molecular weight excluding hydrogens is 1230 g/mol. The van der Waals surface area contributed by atoms with Gasteiger partial charge in [0.15, 0.2) is 25.2 Å². The standard InChI is InChI=1S/C48H79N3O38/c1-12(59)49-23-14(61)4-48(46(77)78,88-39(23)29(68)19(8-55)86-47(45(75)76)3-15(62)24(51-22(64)11-58)38(87-47)26(65)16(63)5-52)89-40-28(67)18(7-54)81-44(34(40)73)85-37-25(50-13(2)60)42(80-17(6-53)27(37)66)83-36-21(10-57)82-43(33(72)31(36)70)84-35-20(9-56)79-41(74)32(71)30(35)69/h14-21,23-44,52-58,61-63,65-74H,3-11H2,1-2H3,(H,49,59)(H,50,60)(H,51,64)(H,75,76)(H,77,78)/t14-,15-,16+,17+,18+,19+,20+,21+,23+,24+,25+,26+,27-,28-,29+,30+,31+,32+,33+,34+,35+,36-,37+,38+,39+,40-,41+,42-,43-,44-,47+,48-/m0/s1. The van der Waals surface area contributed by atoms with Gasteiger partial charge in [-0.1, -0.05) is 0 Å². The van der Waals surface area contributed by atoms with Gasteiger partial charge in [-0.3, -0.25) is 14.4 Å². The minimum absolute atomic E-state index is 0.862. The second-order valence-electron chi connectivity index (χ2n) is 21.8. The van der Waals surface area contributed by atoms with Crippen LogP contribution in [0.4, 0.5) is 0 Å². The van der Waals surface area contributed by atoms with E-state index in [9.17, 15) is 136 Å². The van der Waals surface area contributed by atoms with Crippen LogP contribution in [-0.2, 0) is 76.1 Å². The summed E-state index contributed by atoms with van der Waals surface area (Å²) >= 11 is 0. The van der Waals surface area contributed by atoms with E-state index in [1.54, 1.807) is 0 Å². The monoisotopic (exact) mass is 1310 g/mol. The van der Waals surface area contributed by atoms with Crippen molar-refractivity contribution in [3.63, 3.8) is 0 Å². The molecule has 0 spiro atoms. The Hall–Kier alpha value is -3.89. The molecule has 0 aliphatic carbocycles. The van der Waals surface area contributed by atoms with E-state index in [1.807, 2.05) is 5.32 Å². The van der Waals surface area contributed by atoms with E-state index >= 15 is 0 Å². The topological polar surface area (TPSA) is 668 Å². The van der Waals surface area contributed by atoms with Crippen molar-refractivity contribution >= 4 is 29.7 Å². The Labute approximate surface area is 501 Å². The number of carbonyl (C=O) groups is 5. The van der Waals surface area contributed by atoms with E-state index in [0.29, 0.717) is 0 Å². The largest absolute Gasteiger partial charge is 0.477 e. The fourth-order valence-electron chi connectivity index (χ4n) is 11.1. The zero-order valence-electron chi connectivity index (χ0n) is 47.1. The highest BCUT2D eigenvalue weighted by molar-refractivity contribution is 5.78. The summed E-state index contributed by atoms with van der Waals surface area (Å²) in [4.78, 5) is 64.3. The van der Waals surface area contributed by atoms with Crippen molar-refractivity contribution in [2.75, 3.05) is 46.2 Å². The lowest BCUT2D eigenvalue weighted by molar-refractivity contribution is -0.389. The summed E-state index contributed by atoms with van der Waals surface area (Å²) < 4.78 is 62.3. The van der Waals surface area contributed by atoms with Crippen LogP contribution in [0.25, 0.3) is 0 Å². The predicted molar refractivity (Wildman–Crippen MR) is 270 cm³/mol. The Balaban J connectivity index is 1.30. The lowest BCUT2D eigenvalue weighted by Crippen LogP contribution is -2.72. The van der Waals surface area contributed by atoms with Gasteiger partial charge in [0.05, 0.1) is 63.9 Å². The van der Waals surface area contributed by atoms with E-state index < -0.39 is 284 Å². The highest BCUT2D eigenvalue weighted by Crippen LogP contribution is 2.41. The van der Waals surface area contributed by atoms with Gasteiger partial charge in [-0.2, -0.15) is 0 Å². The van der Waals surface area contributed by atoms with Crippen LogP contribution in [0.3, 0.4) is 0 Å². The third-order valence-electron chi connectivity index (χ3n) is 15.7. The van der Waals surface area contributed by atoms with Gasteiger partial charge in [-0.25, -0.2) is 9.59 Å². The van der Waals surface area contributed by atoms with Crippen LogP contribution >= 0.6 is 0 Å². The number of carboxylic acids is 2. The molecule has 32 atom stereocenters. The zero-order valence-corrected chi connectivity index (χ0v) is 47.1. The molecule has 3 amide bonds. The van der Waals surface area contributed by atoms with E-state index in [-0.39, 0.29) is 0 Å². The Morgan fingerprint density at radius 1 is 0.483 bits per heavy atom. The summed E-state index contributed by atoms with van der Waals surface area (Å²) in [5.74, 6) is -14.6. The third kappa shape index (κ3) is 16.0. The van der Waals surface area contributed by atoms with Crippen LogP contribution in [0.1, 0.15) is 26.7 Å². The summed E-state index contributed by atoms with van der Waals surface area (Å²) in [6.45, 7) is -6.68. The van der Waals surface area contributed by atoms with E-state index in [1.165, 1.54) is 0 Å². The van der Waals surface area contributed by atoms with Crippen LogP contribution in [0.15, 0.2) is 0 Å². The number of aliphatic hydroxyl groups is 20. The molecule has 6 rings (SSSR count). The average Bonchev–Trinajstić information content (AvgIpc) is 0.864. The summed E-state index contributed by atoms with van der Waals surface area (Å²) in [5, 5.41) is 243. The van der Waals surface area contributed by atoms with Gasteiger partial charge in [-0.05, 0) is 0 Å². The Morgan fingerprint density at radius 3 is 1.44 bits per heavy atom. The Morgan fingerprint density at radius 2 is 0.921 bits per heavy atom. The second kappa shape index (κ2) is 31.4. The van der Waals surface area contributed by atoms with Gasteiger partial charge in [0, 0.05) is 26.7 Å². The quantitative estimate of drug-likeness (QED) is 0.0382. The van der Waals surface area contributed by atoms with Crippen LogP contribution < -0.4 is 16.0 Å². The van der Waals surface area contributed by atoms with Gasteiger partial charge in [0.2, 0.25) is 17.7 Å². The van der Waals surface area contributed by atoms with Crippen molar-refractivity contribution in [1.82, 2.24) is 16.0 Å². The molecule has 6 heterocycles. The van der Waals surface area contributed by atoms with E-state index in [0.717, 1.165) is 13.8 Å². The van der Waals surface area contributed by atoms with E-state index in [4.69, 9.17) is 52.1 Å². The number of rotatable bonds is 26. The minimum Gasteiger partial charge on any atom is -0.477 e. The number of hydrogen-bond donors (Lipinski definition) is 25. The van der Waals surface area contributed by atoms with Crippen LogP contribution in [0.5, 0.6) is 0 Å². The minimum atomic E-state index is -3.52. The fraction of sp³-hybridized carbons (Fsp3) is 0.896. The summed E-state index contributed by atoms with van der Waals surface area (Å²) in [6, 6.07) is -5.86. The third-order valence-corrected chi connectivity index (χ3v) is 15.7. The lowest BCUT2D eigenvalue weighted by Gasteiger charge is -2.52. The van der Waals surface area contributed by atoms with Crippen molar-refractivity contribution < 1.29 is 188 Å². The van der Waals surface area contributed by atoms with Crippen LogP contribution in [0.2, 0.25) is 0 Å². The molecule has 0 radical (unpaired) electrons. The van der Waals surface area contributed by atoms with E-state index in [2.05, 4.69) is 10.6 Å². The first-order chi connectivity index (χ1) is 41.8. The number of amides is 3. The second-order valence-corrected chi connectivity index (χ2v) is 21.8. The molecule has 6 aliphatic heterocycles. The number of aliphatic hydroxyl groups excluding tert-OH is 20. The first-order valence-corrected chi connectivity index (χ1v) is 27.5. The molecule has 6 fully saturated rings. The molecule has 41 heteroatoms. The predicted octanol–water partition coefficient (Wildman–Crippen LogP) is -16.3. The maximum atomic E-state index is 13.6. The molecule has 0 bridgehead atoms. The lowest BCUT2D eigenvalue weighted by atomic mass is 9.87. The van der Waals surface area contributed by atoms with Crippen molar-refractivity contribution in [2.45, 2.75) is 222 Å². The highest BCUT2D eigenvalue weighted by atomic mass is 16.8.